The van der Waals surface area contributed by atoms with E-state index in [4.69, 9.17) is 5.11 Å². The lowest BCUT2D eigenvalue weighted by Crippen LogP contribution is -2.31. The van der Waals surface area contributed by atoms with Crippen molar-refractivity contribution >= 4 is 5.97 Å². The molecule has 0 aromatic rings. The standard InChI is InChI=1S/C8H14F3NO2/c1-2-12(6-7(13)14)5-3-4-8(9,10)11/h2-6H2,1H3,(H,13,14). The van der Waals surface area contributed by atoms with Crippen molar-refractivity contribution in [2.24, 2.45) is 0 Å². The van der Waals surface area contributed by atoms with Gasteiger partial charge in [0, 0.05) is 6.42 Å². The highest BCUT2D eigenvalue weighted by molar-refractivity contribution is 5.69. The molecule has 0 aliphatic rings. The van der Waals surface area contributed by atoms with E-state index in [1.165, 1.54) is 4.90 Å². The molecule has 0 aliphatic carbocycles. The van der Waals surface area contributed by atoms with Crippen molar-refractivity contribution in [3.8, 4) is 0 Å². The Morgan fingerprint density at radius 3 is 2.36 bits per heavy atom. The van der Waals surface area contributed by atoms with Crippen LogP contribution in [0.15, 0.2) is 0 Å². The van der Waals surface area contributed by atoms with Crippen molar-refractivity contribution in [3.63, 3.8) is 0 Å². The number of rotatable bonds is 6. The number of carboxylic acid groups (broad SMARTS) is 1. The molecule has 0 aromatic carbocycles. The Kier molecular flexibility index (Phi) is 5.52. The summed E-state index contributed by atoms with van der Waals surface area (Å²) in [6.07, 6.45) is -5.06. The van der Waals surface area contributed by atoms with Crippen molar-refractivity contribution in [2.45, 2.75) is 25.9 Å². The second-order valence-electron chi connectivity index (χ2n) is 2.98. The minimum absolute atomic E-state index is 0.0510. The van der Waals surface area contributed by atoms with Crippen molar-refractivity contribution in [2.75, 3.05) is 19.6 Å². The second kappa shape index (κ2) is 5.85. The molecule has 3 nitrogen and oxygen atoms in total. The van der Waals surface area contributed by atoms with Crippen LogP contribution in [0.5, 0.6) is 0 Å². The molecule has 0 fully saturated rings. The van der Waals surface area contributed by atoms with Crippen LogP contribution in [0.1, 0.15) is 19.8 Å². The second-order valence-corrected chi connectivity index (χ2v) is 2.98. The Balaban J connectivity index is 3.68. The summed E-state index contributed by atoms with van der Waals surface area (Å²) < 4.78 is 35.2. The van der Waals surface area contributed by atoms with E-state index in [2.05, 4.69) is 0 Å². The number of hydrogen-bond acceptors (Lipinski definition) is 2. The van der Waals surface area contributed by atoms with Crippen molar-refractivity contribution in [1.29, 1.82) is 0 Å². The molecule has 0 aromatic heterocycles. The van der Waals surface area contributed by atoms with Crippen LogP contribution in [0, 0.1) is 0 Å². The number of nitrogens with zero attached hydrogens (tertiary/aromatic N) is 1. The molecular weight excluding hydrogens is 199 g/mol. The lowest BCUT2D eigenvalue weighted by Gasteiger charge is -2.17. The lowest BCUT2D eigenvalue weighted by atomic mass is 10.3. The third-order valence-electron chi connectivity index (χ3n) is 1.74. The summed E-state index contributed by atoms with van der Waals surface area (Å²) in [7, 11) is 0. The highest BCUT2D eigenvalue weighted by Gasteiger charge is 2.26. The monoisotopic (exact) mass is 213 g/mol. The Hall–Kier alpha value is -0.780. The third kappa shape index (κ3) is 7.85. The average molecular weight is 213 g/mol. The Bertz CT molecular complexity index is 182. The molecule has 0 aliphatic heterocycles. The van der Waals surface area contributed by atoms with Crippen LogP contribution in [0.3, 0.4) is 0 Å². The van der Waals surface area contributed by atoms with Gasteiger partial charge in [0.25, 0.3) is 0 Å². The summed E-state index contributed by atoms with van der Waals surface area (Å²) in [6.45, 7) is 2.14. The zero-order valence-corrected chi connectivity index (χ0v) is 7.97. The van der Waals surface area contributed by atoms with Gasteiger partial charge in [-0.3, -0.25) is 9.69 Å². The third-order valence-corrected chi connectivity index (χ3v) is 1.74. The molecule has 14 heavy (non-hydrogen) atoms. The Labute approximate surface area is 80.5 Å². The van der Waals surface area contributed by atoms with E-state index >= 15 is 0 Å². The van der Waals surface area contributed by atoms with Gasteiger partial charge < -0.3 is 5.11 Å². The minimum Gasteiger partial charge on any atom is -0.480 e. The summed E-state index contributed by atoms with van der Waals surface area (Å²) in [4.78, 5) is 11.7. The average Bonchev–Trinajstić information content (AvgIpc) is 1.99. The van der Waals surface area contributed by atoms with Crippen molar-refractivity contribution in [3.05, 3.63) is 0 Å². The highest BCUT2D eigenvalue weighted by Crippen LogP contribution is 2.21. The van der Waals surface area contributed by atoms with Crippen molar-refractivity contribution in [1.82, 2.24) is 4.90 Å². The molecular formula is C8H14F3NO2. The molecule has 6 heteroatoms. The van der Waals surface area contributed by atoms with E-state index < -0.39 is 18.6 Å². The van der Waals surface area contributed by atoms with Gasteiger partial charge in [-0.25, -0.2) is 0 Å². The van der Waals surface area contributed by atoms with Gasteiger partial charge in [0.05, 0.1) is 6.54 Å². The summed E-state index contributed by atoms with van der Waals surface area (Å²) in [5, 5.41) is 8.41. The fraction of sp³-hybridized carbons (Fsp3) is 0.875. The predicted octanol–water partition coefficient (Wildman–Crippen LogP) is 1.74. The molecule has 0 radical (unpaired) electrons. The van der Waals surface area contributed by atoms with Crippen LogP contribution < -0.4 is 0 Å². The maximum Gasteiger partial charge on any atom is 0.389 e. The van der Waals surface area contributed by atoms with Gasteiger partial charge in [-0.05, 0) is 19.5 Å². The molecule has 0 amide bonds. The fourth-order valence-electron chi connectivity index (χ4n) is 1.04. The zero-order valence-electron chi connectivity index (χ0n) is 7.97. The molecule has 1 N–H and O–H groups in total. The first kappa shape index (κ1) is 13.2. The number of aliphatic carboxylic acids is 1. The number of carbonyl (C=O) groups is 1. The van der Waals surface area contributed by atoms with Gasteiger partial charge in [0.15, 0.2) is 0 Å². The van der Waals surface area contributed by atoms with E-state index in [1.807, 2.05) is 0 Å². The van der Waals surface area contributed by atoms with E-state index in [9.17, 15) is 18.0 Å². The van der Waals surface area contributed by atoms with Crippen molar-refractivity contribution < 1.29 is 23.1 Å². The van der Waals surface area contributed by atoms with Crippen LogP contribution in [-0.4, -0.2) is 41.8 Å². The molecule has 0 unspecified atom stereocenters. The number of carboxylic acids is 1. The number of alkyl halides is 3. The summed E-state index contributed by atoms with van der Waals surface area (Å²) in [5.41, 5.74) is 0. The Morgan fingerprint density at radius 1 is 1.43 bits per heavy atom. The van der Waals surface area contributed by atoms with E-state index in [1.54, 1.807) is 6.92 Å². The summed E-state index contributed by atoms with van der Waals surface area (Å²) in [6, 6.07) is 0. The van der Waals surface area contributed by atoms with E-state index in [0.29, 0.717) is 6.54 Å². The lowest BCUT2D eigenvalue weighted by molar-refractivity contribution is -0.139. The SMILES string of the molecule is CCN(CCCC(F)(F)F)CC(=O)O. The number of likely N-dealkylation sites (N-methyl/N-ethyl adjacent to an activating group) is 1. The minimum atomic E-state index is -4.15. The maximum absolute atomic E-state index is 11.7. The smallest absolute Gasteiger partial charge is 0.389 e. The van der Waals surface area contributed by atoms with Crippen LogP contribution in [0.2, 0.25) is 0 Å². The van der Waals surface area contributed by atoms with Gasteiger partial charge in [0.1, 0.15) is 0 Å². The maximum atomic E-state index is 11.7. The van der Waals surface area contributed by atoms with Crippen LogP contribution >= 0.6 is 0 Å². The molecule has 0 heterocycles. The van der Waals surface area contributed by atoms with Crippen LogP contribution in [0.4, 0.5) is 13.2 Å². The predicted molar refractivity (Wildman–Crippen MR) is 45.0 cm³/mol. The topological polar surface area (TPSA) is 40.5 Å². The number of hydrogen-bond donors (Lipinski definition) is 1. The van der Waals surface area contributed by atoms with Crippen LogP contribution in [-0.2, 0) is 4.79 Å². The van der Waals surface area contributed by atoms with Crippen LogP contribution in [0.25, 0.3) is 0 Å². The van der Waals surface area contributed by atoms with Gasteiger partial charge in [-0.15, -0.1) is 0 Å². The van der Waals surface area contributed by atoms with Gasteiger partial charge >= 0.3 is 12.1 Å². The largest absolute Gasteiger partial charge is 0.480 e. The zero-order chi connectivity index (χ0) is 11.2. The molecule has 0 bridgehead atoms. The molecule has 0 saturated heterocycles. The molecule has 0 rings (SSSR count). The highest BCUT2D eigenvalue weighted by atomic mass is 19.4. The summed E-state index contributed by atoms with van der Waals surface area (Å²) in [5.74, 6) is -1.01. The molecule has 0 saturated carbocycles. The first-order valence-corrected chi connectivity index (χ1v) is 4.36. The van der Waals surface area contributed by atoms with E-state index in [-0.39, 0.29) is 19.5 Å². The quantitative estimate of drug-likeness (QED) is 0.730. The first-order valence-electron chi connectivity index (χ1n) is 4.36. The van der Waals surface area contributed by atoms with E-state index in [0.717, 1.165) is 0 Å². The molecule has 0 spiro atoms. The normalized spacial score (nSPS) is 12.1. The van der Waals surface area contributed by atoms with Gasteiger partial charge in [-0.1, -0.05) is 6.92 Å². The van der Waals surface area contributed by atoms with Gasteiger partial charge in [-0.2, -0.15) is 13.2 Å². The number of halogens is 3. The van der Waals surface area contributed by atoms with Gasteiger partial charge in [0.2, 0.25) is 0 Å². The fourth-order valence-corrected chi connectivity index (χ4v) is 1.04. The Morgan fingerprint density at radius 2 is 2.00 bits per heavy atom. The molecule has 0 atom stereocenters. The summed E-state index contributed by atoms with van der Waals surface area (Å²) >= 11 is 0. The first-order chi connectivity index (χ1) is 6.35. The molecule has 84 valence electrons.